The molecular weight excluding hydrogens is 289 g/mol. The van der Waals surface area contributed by atoms with Gasteiger partial charge in [-0.15, -0.1) is 0 Å². The van der Waals surface area contributed by atoms with Gasteiger partial charge in [-0.3, -0.25) is 4.98 Å². The number of rotatable bonds is 3. The van der Waals surface area contributed by atoms with Crippen molar-refractivity contribution >= 4 is 23.5 Å². The quantitative estimate of drug-likeness (QED) is 0.815. The summed E-state index contributed by atoms with van der Waals surface area (Å²) in [5.74, 6) is 0.788. The van der Waals surface area contributed by atoms with Gasteiger partial charge >= 0.3 is 7.12 Å². The first kappa shape index (κ1) is 16.3. The van der Waals surface area contributed by atoms with Crippen molar-refractivity contribution in [1.82, 2.24) is 4.98 Å². The van der Waals surface area contributed by atoms with Gasteiger partial charge < -0.3 is 14.0 Å². The van der Waals surface area contributed by atoms with E-state index in [0.29, 0.717) is 0 Å². The molecule has 1 fully saturated rings. The van der Waals surface area contributed by atoms with Crippen LogP contribution in [-0.4, -0.2) is 29.4 Å². The summed E-state index contributed by atoms with van der Waals surface area (Å²) in [6, 6.07) is 7.94. The smallest absolute Gasteiger partial charge is 0.489 e. The number of benzene rings is 1. The molecule has 4 nitrogen and oxygen atoms in total. The predicted molar refractivity (Wildman–Crippen MR) is 93.2 cm³/mol. The van der Waals surface area contributed by atoms with Gasteiger partial charge in [0.15, 0.2) is 0 Å². The van der Waals surface area contributed by atoms with E-state index in [-0.39, 0.29) is 17.3 Å². The number of ether oxygens (including phenoxy) is 1. The highest BCUT2D eigenvalue weighted by atomic mass is 16.7. The Morgan fingerprint density at radius 3 is 2.30 bits per heavy atom. The number of aromatic nitrogens is 1. The molecule has 1 aromatic heterocycles. The zero-order chi connectivity index (χ0) is 16.8. The molecule has 122 valence electrons. The molecule has 0 N–H and O–H groups in total. The minimum atomic E-state index is -0.403. The number of nitrogens with zero attached hydrogens (tertiary/aromatic N) is 1. The van der Waals surface area contributed by atoms with Gasteiger partial charge in [-0.1, -0.05) is 12.1 Å². The average molecular weight is 313 g/mol. The molecule has 0 aliphatic carbocycles. The summed E-state index contributed by atoms with van der Waals surface area (Å²) in [5.41, 5.74) is 1.11. The number of hydrogen-bond donors (Lipinski definition) is 0. The van der Waals surface area contributed by atoms with Crippen molar-refractivity contribution in [3.63, 3.8) is 0 Å². The third-order valence-electron chi connectivity index (χ3n) is 4.64. The summed E-state index contributed by atoms with van der Waals surface area (Å²) in [4.78, 5) is 4.50. The van der Waals surface area contributed by atoms with Crippen LogP contribution in [0.4, 0.5) is 0 Å². The molecule has 0 atom stereocenters. The molecule has 2 aromatic rings. The Hall–Kier alpha value is -1.59. The second-order valence-corrected chi connectivity index (χ2v) is 7.31. The van der Waals surface area contributed by atoms with Crippen LogP contribution in [0.1, 0.15) is 41.5 Å². The molecule has 0 radical (unpaired) electrons. The van der Waals surface area contributed by atoms with E-state index in [4.69, 9.17) is 14.0 Å². The largest absolute Gasteiger partial charge is 0.495 e. The number of pyridine rings is 1. The summed E-state index contributed by atoms with van der Waals surface area (Å²) < 4.78 is 18.3. The van der Waals surface area contributed by atoms with Gasteiger partial charge in [-0.2, -0.15) is 0 Å². The highest BCUT2D eigenvalue weighted by Gasteiger charge is 2.52. The van der Waals surface area contributed by atoms with Gasteiger partial charge in [0.1, 0.15) is 11.3 Å². The van der Waals surface area contributed by atoms with Crippen molar-refractivity contribution in [2.75, 3.05) is 0 Å². The average Bonchev–Trinajstić information content (AvgIpc) is 2.67. The summed E-state index contributed by atoms with van der Waals surface area (Å²) >= 11 is 0. The summed E-state index contributed by atoms with van der Waals surface area (Å²) in [6.45, 7) is 12.3. The van der Waals surface area contributed by atoms with Crippen LogP contribution in [0.5, 0.6) is 5.75 Å². The van der Waals surface area contributed by atoms with Crippen molar-refractivity contribution in [1.29, 1.82) is 0 Å². The van der Waals surface area contributed by atoms with E-state index < -0.39 is 7.12 Å². The zero-order valence-electron chi connectivity index (χ0n) is 14.7. The van der Waals surface area contributed by atoms with Gasteiger partial charge in [-0.05, 0) is 59.1 Å². The monoisotopic (exact) mass is 313 g/mol. The molecule has 1 aliphatic heterocycles. The molecule has 0 spiro atoms. The standard InChI is InChI=1S/C18H24BNO3/c1-12(2)21-15-10-9-14(13-8-7-11-20-16(13)15)19-22-17(3,4)18(5,6)23-19/h7-12H,1-6H3. The van der Waals surface area contributed by atoms with Crippen LogP contribution in [0.2, 0.25) is 0 Å². The highest BCUT2D eigenvalue weighted by molar-refractivity contribution is 6.65. The number of hydrogen-bond acceptors (Lipinski definition) is 4. The third kappa shape index (κ3) is 2.84. The van der Waals surface area contributed by atoms with E-state index in [0.717, 1.165) is 22.1 Å². The Morgan fingerprint density at radius 1 is 1.04 bits per heavy atom. The highest BCUT2D eigenvalue weighted by Crippen LogP contribution is 2.37. The third-order valence-corrected chi connectivity index (χ3v) is 4.64. The topological polar surface area (TPSA) is 40.6 Å². The maximum Gasteiger partial charge on any atom is 0.495 e. The van der Waals surface area contributed by atoms with Crippen LogP contribution in [-0.2, 0) is 9.31 Å². The zero-order valence-corrected chi connectivity index (χ0v) is 14.7. The molecule has 0 unspecified atom stereocenters. The van der Waals surface area contributed by atoms with Crippen LogP contribution in [0, 0.1) is 0 Å². The van der Waals surface area contributed by atoms with Crippen LogP contribution in [0.3, 0.4) is 0 Å². The molecule has 3 rings (SSSR count). The lowest BCUT2D eigenvalue weighted by Crippen LogP contribution is -2.41. The number of fused-ring (bicyclic) bond motifs is 1. The normalized spacial score (nSPS) is 19.5. The lowest BCUT2D eigenvalue weighted by Gasteiger charge is -2.32. The van der Waals surface area contributed by atoms with E-state index in [1.807, 2.05) is 38.1 Å². The van der Waals surface area contributed by atoms with Crippen molar-refractivity contribution in [3.8, 4) is 5.75 Å². The second kappa shape index (κ2) is 5.50. The van der Waals surface area contributed by atoms with E-state index in [1.165, 1.54) is 0 Å². The Balaban J connectivity index is 2.07. The molecule has 0 amide bonds. The molecular formula is C18H24BNO3. The maximum absolute atomic E-state index is 6.19. The molecule has 1 aromatic carbocycles. The van der Waals surface area contributed by atoms with E-state index >= 15 is 0 Å². The first-order valence-electron chi connectivity index (χ1n) is 8.11. The Labute approximate surface area is 138 Å². The Bertz CT molecular complexity index is 711. The van der Waals surface area contributed by atoms with Gasteiger partial charge in [-0.25, -0.2) is 0 Å². The molecule has 23 heavy (non-hydrogen) atoms. The Kier molecular flexibility index (Phi) is 3.89. The molecule has 2 heterocycles. The SMILES string of the molecule is CC(C)Oc1ccc(B2OC(C)(C)C(C)(C)O2)c2cccnc12. The van der Waals surface area contributed by atoms with Crippen LogP contribution in [0.25, 0.3) is 10.9 Å². The molecule has 0 saturated carbocycles. The van der Waals surface area contributed by atoms with E-state index in [9.17, 15) is 0 Å². The van der Waals surface area contributed by atoms with Crippen molar-refractivity contribution in [2.24, 2.45) is 0 Å². The van der Waals surface area contributed by atoms with E-state index in [2.05, 4.69) is 32.7 Å². The molecule has 0 bridgehead atoms. The van der Waals surface area contributed by atoms with Crippen molar-refractivity contribution in [2.45, 2.75) is 58.8 Å². The summed E-state index contributed by atoms with van der Waals surface area (Å²) in [5, 5.41) is 1.00. The maximum atomic E-state index is 6.19. The first-order valence-corrected chi connectivity index (χ1v) is 8.11. The predicted octanol–water partition coefficient (Wildman–Crippen LogP) is 3.32. The van der Waals surface area contributed by atoms with Crippen LogP contribution >= 0.6 is 0 Å². The fourth-order valence-corrected chi connectivity index (χ4v) is 2.69. The van der Waals surface area contributed by atoms with Gasteiger partial charge in [0.05, 0.1) is 17.3 Å². The lowest BCUT2D eigenvalue weighted by atomic mass is 9.76. The van der Waals surface area contributed by atoms with Crippen LogP contribution in [0.15, 0.2) is 30.5 Å². The minimum Gasteiger partial charge on any atom is -0.489 e. The molecule has 1 aliphatic rings. The van der Waals surface area contributed by atoms with Gasteiger partial charge in [0.25, 0.3) is 0 Å². The lowest BCUT2D eigenvalue weighted by molar-refractivity contribution is 0.00578. The summed E-state index contributed by atoms with van der Waals surface area (Å²) in [7, 11) is -0.403. The molecule has 1 saturated heterocycles. The fraction of sp³-hybridized carbons (Fsp3) is 0.500. The summed E-state index contributed by atoms with van der Waals surface area (Å²) in [6.07, 6.45) is 1.88. The van der Waals surface area contributed by atoms with Crippen molar-refractivity contribution in [3.05, 3.63) is 30.5 Å². The molecule has 5 heteroatoms. The van der Waals surface area contributed by atoms with Crippen molar-refractivity contribution < 1.29 is 14.0 Å². The van der Waals surface area contributed by atoms with Gasteiger partial charge in [0.2, 0.25) is 0 Å². The fourth-order valence-electron chi connectivity index (χ4n) is 2.69. The van der Waals surface area contributed by atoms with Crippen LogP contribution < -0.4 is 10.2 Å². The first-order chi connectivity index (χ1) is 10.7. The second-order valence-electron chi connectivity index (χ2n) is 7.31. The Morgan fingerprint density at radius 2 is 1.70 bits per heavy atom. The van der Waals surface area contributed by atoms with E-state index in [1.54, 1.807) is 6.20 Å². The minimum absolute atomic E-state index is 0.0999. The van der Waals surface area contributed by atoms with Gasteiger partial charge in [0, 0.05) is 11.6 Å².